The van der Waals surface area contributed by atoms with Crippen LogP contribution >= 0.6 is 0 Å². The van der Waals surface area contributed by atoms with E-state index in [1.54, 1.807) is 25.4 Å². The fraction of sp³-hybridized carbons (Fsp3) is 0.267. The third-order valence-electron chi connectivity index (χ3n) is 3.29. The highest BCUT2D eigenvalue weighted by molar-refractivity contribution is 6.02. The molecule has 0 bridgehead atoms. The van der Waals surface area contributed by atoms with Crippen molar-refractivity contribution in [2.45, 2.75) is 20.8 Å². The van der Waals surface area contributed by atoms with E-state index in [0.29, 0.717) is 17.5 Å². The number of carbonyl (C=O) groups excluding carboxylic acids is 1. The van der Waals surface area contributed by atoms with Crippen LogP contribution in [0.5, 0.6) is 0 Å². The standard InChI is InChI=1S/C15H17N7O/c1-9-7-10(2)18-15(17-9)22-13(8-11(3)20-22)19-14(23)12-5-6-16-21(12)4/h5-8H,1-4H3,(H,19,23). The second kappa shape index (κ2) is 5.64. The Morgan fingerprint density at radius 1 is 1.09 bits per heavy atom. The minimum absolute atomic E-state index is 0.268. The lowest BCUT2D eigenvalue weighted by Crippen LogP contribution is -2.19. The van der Waals surface area contributed by atoms with Crippen molar-refractivity contribution in [3.8, 4) is 5.95 Å². The predicted octanol–water partition coefficient (Wildman–Crippen LogP) is 1.57. The van der Waals surface area contributed by atoms with Crippen LogP contribution < -0.4 is 5.32 Å². The van der Waals surface area contributed by atoms with Gasteiger partial charge in [-0.25, -0.2) is 9.97 Å². The molecule has 8 heteroatoms. The van der Waals surface area contributed by atoms with Gasteiger partial charge in [0.2, 0.25) is 0 Å². The zero-order valence-corrected chi connectivity index (χ0v) is 13.4. The van der Waals surface area contributed by atoms with Crippen LogP contribution in [0.25, 0.3) is 5.95 Å². The third-order valence-corrected chi connectivity index (χ3v) is 3.29. The number of aromatic nitrogens is 6. The highest BCUT2D eigenvalue weighted by Gasteiger charge is 2.16. The first-order valence-electron chi connectivity index (χ1n) is 7.13. The van der Waals surface area contributed by atoms with E-state index in [-0.39, 0.29) is 5.91 Å². The fourth-order valence-corrected chi connectivity index (χ4v) is 2.32. The Morgan fingerprint density at radius 2 is 1.78 bits per heavy atom. The average Bonchev–Trinajstić information content (AvgIpc) is 3.03. The number of anilines is 1. The van der Waals surface area contributed by atoms with E-state index in [4.69, 9.17) is 0 Å². The maximum absolute atomic E-state index is 12.4. The minimum Gasteiger partial charge on any atom is -0.305 e. The van der Waals surface area contributed by atoms with Gasteiger partial charge in [-0.05, 0) is 32.9 Å². The molecule has 23 heavy (non-hydrogen) atoms. The van der Waals surface area contributed by atoms with E-state index in [9.17, 15) is 4.79 Å². The van der Waals surface area contributed by atoms with Gasteiger partial charge in [-0.2, -0.15) is 14.9 Å². The number of rotatable bonds is 3. The highest BCUT2D eigenvalue weighted by Crippen LogP contribution is 2.16. The topological polar surface area (TPSA) is 90.5 Å². The molecule has 0 aliphatic carbocycles. The Hall–Kier alpha value is -3.03. The Labute approximate surface area is 133 Å². The summed E-state index contributed by atoms with van der Waals surface area (Å²) in [6.45, 7) is 5.63. The number of aryl methyl sites for hydroxylation is 4. The van der Waals surface area contributed by atoms with Crippen molar-refractivity contribution in [3.63, 3.8) is 0 Å². The van der Waals surface area contributed by atoms with Gasteiger partial charge in [0.15, 0.2) is 0 Å². The molecule has 0 saturated heterocycles. The van der Waals surface area contributed by atoms with Crippen LogP contribution in [0.1, 0.15) is 27.6 Å². The van der Waals surface area contributed by atoms with E-state index >= 15 is 0 Å². The van der Waals surface area contributed by atoms with Crippen LogP contribution in [-0.2, 0) is 7.05 Å². The Balaban J connectivity index is 1.98. The maximum atomic E-state index is 12.4. The zero-order valence-electron chi connectivity index (χ0n) is 13.4. The van der Waals surface area contributed by atoms with Crippen LogP contribution in [0.15, 0.2) is 24.4 Å². The normalized spacial score (nSPS) is 10.8. The molecule has 118 valence electrons. The predicted molar refractivity (Wildman–Crippen MR) is 84.5 cm³/mol. The van der Waals surface area contributed by atoms with Gasteiger partial charge in [-0.3, -0.25) is 9.48 Å². The molecule has 0 radical (unpaired) electrons. The number of carbonyl (C=O) groups is 1. The monoisotopic (exact) mass is 311 g/mol. The number of nitrogens with one attached hydrogen (secondary N) is 1. The van der Waals surface area contributed by atoms with Crippen LogP contribution in [0.4, 0.5) is 5.82 Å². The second-order valence-corrected chi connectivity index (χ2v) is 5.33. The van der Waals surface area contributed by atoms with Gasteiger partial charge in [0, 0.05) is 30.7 Å². The molecular weight excluding hydrogens is 294 g/mol. The van der Waals surface area contributed by atoms with Crippen LogP contribution in [-0.4, -0.2) is 35.4 Å². The van der Waals surface area contributed by atoms with Gasteiger partial charge in [0.25, 0.3) is 11.9 Å². The molecule has 0 atom stereocenters. The van der Waals surface area contributed by atoms with Gasteiger partial charge in [0.1, 0.15) is 11.5 Å². The molecular formula is C15H17N7O. The summed E-state index contributed by atoms with van der Waals surface area (Å²) >= 11 is 0. The molecule has 1 N–H and O–H groups in total. The van der Waals surface area contributed by atoms with Gasteiger partial charge in [-0.15, -0.1) is 0 Å². The number of hydrogen-bond donors (Lipinski definition) is 1. The lowest BCUT2D eigenvalue weighted by molar-refractivity contribution is 0.101. The van der Waals surface area contributed by atoms with Gasteiger partial charge >= 0.3 is 0 Å². The van der Waals surface area contributed by atoms with E-state index in [0.717, 1.165) is 17.1 Å². The lowest BCUT2D eigenvalue weighted by Gasteiger charge is -2.08. The van der Waals surface area contributed by atoms with Gasteiger partial charge < -0.3 is 5.32 Å². The van der Waals surface area contributed by atoms with E-state index in [1.807, 2.05) is 26.8 Å². The maximum Gasteiger partial charge on any atom is 0.275 e. The summed E-state index contributed by atoms with van der Waals surface area (Å²) in [5, 5.41) is 11.2. The van der Waals surface area contributed by atoms with Crippen LogP contribution in [0.3, 0.4) is 0 Å². The summed E-state index contributed by atoms with van der Waals surface area (Å²) in [5.74, 6) is 0.671. The van der Waals surface area contributed by atoms with Crippen molar-refractivity contribution in [2.75, 3.05) is 5.32 Å². The van der Waals surface area contributed by atoms with E-state index in [1.165, 1.54) is 9.36 Å². The molecule has 3 aromatic heterocycles. The average molecular weight is 311 g/mol. The molecule has 0 unspecified atom stereocenters. The molecule has 0 aliphatic heterocycles. The summed E-state index contributed by atoms with van der Waals surface area (Å²) in [4.78, 5) is 21.1. The van der Waals surface area contributed by atoms with Crippen molar-refractivity contribution >= 4 is 11.7 Å². The molecule has 3 aromatic rings. The first-order valence-corrected chi connectivity index (χ1v) is 7.13. The van der Waals surface area contributed by atoms with Crippen molar-refractivity contribution in [1.29, 1.82) is 0 Å². The summed E-state index contributed by atoms with van der Waals surface area (Å²) in [6, 6.07) is 5.30. The summed E-state index contributed by atoms with van der Waals surface area (Å²) in [5.41, 5.74) is 2.89. The van der Waals surface area contributed by atoms with E-state index in [2.05, 4.69) is 25.5 Å². The molecule has 0 aromatic carbocycles. The first kappa shape index (κ1) is 14.9. The second-order valence-electron chi connectivity index (χ2n) is 5.33. The molecule has 3 rings (SSSR count). The first-order chi connectivity index (χ1) is 10.9. The van der Waals surface area contributed by atoms with Crippen molar-refractivity contribution in [1.82, 2.24) is 29.5 Å². The molecule has 0 fully saturated rings. The SMILES string of the molecule is Cc1cc(C)nc(-n2nc(C)cc2NC(=O)c2ccnn2C)n1. The summed E-state index contributed by atoms with van der Waals surface area (Å²) in [7, 11) is 1.71. The Bertz CT molecular complexity index is 858. The fourth-order valence-electron chi connectivity index (χ4n) is 2.32. The Kier molecular flexibility index (Phi) is 3.65. The number of hydrogen-bond acceptors (Lipinski definition) is 5. The Morgan fingerprint density at radius 3 is 2.39 bits per heavy atom. The van der Waals surface area contributed by atoms with Crippen LogP contribution in [0, 0.1) is 20.8 Å². The summed E-state index contributed by atoms with van der Waals surface area (Å²) < 4.78 is 3.04. The van der Waals surface area contributed by atoms with E-state index < -0.39 is 0 Å². The number of nitrogens with zero attached hydrogens (tertiary/aromatic N) is 6. The molecule has 0 saturated carbocycles. The minimum atomic E-state index is -0.268. The molecule has 0 spiro atoms. The number of amides is 1. The molecule has 3 heterocycles. The molecule has 0 aliphatic rings. The third kappa shape index (κ3) is 2.96. The quantitative estimate of drug-likeness (QED) is 0.793. The highest BCUT2D eigenvalue weighted by atomic mass is 16.2. The van der Waals surface area contributed by atoms with Crippen molar-refractivity contribution in [3.05, 3.63) is 47.2 Å². The smallest absolute Gasteiger partial charge is 0.275 e. The zero-order chi connectivity index (χ0) is 16.6. The van der Waals surface area contributed by atoms with Crippen molar-refractivity contribution < 1.29 is 4.79 Å². The van der Waals surface area contributed by atoms with Gasteiger partial charge in [0.05, 0.1) is 5.69 Å². The largest absolute Gasteiger partial charge is 0.305 e. The summed E-state index contributed by atoms with van der Waals surface area (Å²) in [6.07, 6.45) is 1.57. The molecule has 1 amide bonds. The molecule has 8 nitrogen and oxygen atoms in total. The van der Waals surface area contributed by atoms with Crippen LogP contribution in [0.2, 0.25) is 0 Å². The van der Waals surface area contributed by atoms with Gasteiger partial charge in [-0.1, -0.05) is 0 Å². The lowest BCUT2D eigenvalue weighted by atomic mass is 10.3. The van der Waals surface area contributed by atoms with Crippen molar-refractivity contribution in [2.24, 2.45) is 7.05 Å².